The summed E-state index contributed by atoms with van der Waals surface area (Å²) in [5.74, 6) is 0.469. The largest absolute Gasteiger partial charge is 0.364 e. The molecule has 3 aromatic rings. The van der Waals surface area contributed by atoms with Crippen LogP contribution >= 0.6 is 22.9 Å². The lowest BCUT2D eigenvalue weighted by molar-refractivity contribution is 0.102. The average molecular weight is 373 g/mol. The third-order valence-corrected chi connectivity index (χ3v) is 4.71. The molecular formula is C18H17ClN4OS. The van der Waals surface area contributed by atoms with Gasteiger partial charge in [0.2, 0.25) is 0 Å². The summed E-state index contributed by atoms with van der Waals surface area (Å²) >= 11 is 7.60. The van der Waals surface area contributed by atoms with Crippen LogP contribution in [0.4, 0.5) is 11.5 Å². The summed E-state index contributed by atoms with van der Waals surface area (Å²) in [5, 5.41) is 7.64. The Morgan fingerprint density at radius 1 is 1.24 bits per heavy atom. The zero-order chi connectivity index (χ0) is 17.8. The molecule has 128 valence electrons. The Kier molecular flexibility index (Phi) is 5.31. The van der Waals surface area contributed by atoms with Gasteiger partial charge in [-0.25, -0.2) is 9.97 Å². The zero-order valence-corrected chi connectivity index (χ0v) is 15.4. The van der Waals surface area contributed by atoms with Gasteiger partial charge in [0.05, 0.1) is 22.8 Å². The van der Waals surface area contributed by atoms with Gasteiger partial charge in [0, 0.05) is 21.8 Å². The molecule has 1 aromatic carbocycles. The third-order valence-electron chi connectivity index (χ3n) is 3.54. The molecule has 0 saturated heterocycles. The number of halogens is 1. The van der Waals surface area contributed by atoms with E-state index in [0.29, 0.717) is 28.6 Å². The van der Waals surface area contributed by atoms with Crippen molar-refractivity contribution in [3.8, 4) is 0 Å². The zero-order valence-electron chi connectivity index (χ0n) is 13.8. The number of carbonyl (C=O) groups excluding carboxylic acids is 1. The monoisotopic (exact) mass is 372 g/mol. The molecule has 2 aromatic heterocycles. The number of benzene rings is 1. The topological polar surface area (TPSA) is 66.9 Å². The molecule has 0 aliphatic heterocycles. The summed E-state index contributed by atoms with van der Waals surface area (Å²) in [6.45, 7) is 4.66. The number of nitrogens with zero attached hydrogens (tertiary/aromatic N) is 2. The van der Waals surface area contributed by atoms with Gasteiger partial charge in [-0.3, -0.25) is 4.79 Å². The highest BCUT2D eigenvalue weighted by Gasteiger charge is 2.08. The van der Waals surface area contributed by atoms with Crippen molar-refractivity contribution in [3.05, 3.63) is 68.8 Å². The van der Waals surface area contributed by atoms with Crippen LogP contribution in [0.15, 0.2) is 42.6 Å². The maximum Gasteiger partial charge on any atom is 0.257 e. The van der Waals surface area contributed by atoms with Crippen molar-refractivity contribution in [1.29, 1.82) is 0 Å². The molecule has 1 amide bonds. The van der Waals surface area contributed by atoms with E-state index in [0.717, 1.165) is 10.7 Å². The Bertz CT molecular complexity index is 892. The van der Waals surface area contributed by atoms with Crippen LogP contribution in [0.1, 0.15) is 25.9 Å². The lowest BCUT2D eigenvalue weighted by Gasteiger charge is -2.07. The average Bonchev–Trinajstić information content (AvgIpc) is 2.91. The molecule has 0 unspecified atom stereocenters. The molecule has 3 rings (SSSR count). The van der Waals surface area contributed by atoms with Gasteiger partial charge in [0.25, 0.3) is 5.91 Å². The third kappa shape index (κ3) is 4.55. The van der Waals surface area contributed by atoms with E-state index in [1.165, 1.54) is 4.88 Å². The molecule has 0 saturated carbocycles. The number of nitrogens with one attached hydrogen (secondary N) is 2. The van der Waals surface area contributed by atoms with Crippen LogP contribution in [-0.2, 0) is 6.54 Å². The van der Waals surface area contributed by atoms with E-state index < -0.39 is 0 Å². The number of aryl methyl sites for hydroxylation is 2. The minimum absolute atomic E-state index is 0.229. The second-order valence-electron chi connectivity index (χ2n) is 5.49. The molecule has 0 fully saturated rings. The molecule has 0 aliphatic rings. The number of amides is 1. The fourth-order valence-electron chi connectivity index (χ4n) is 2.31. The van der Waals surface area contributed by atoms with Crippen LogP contribution in [0.3, 0.4) is 0 Å². The fraction of sp³-hybridized carbons (Fsp3) is 0.167. The Morgan fingerprint density at radius 3 is 2.72 bits per heavy atom. The van der Waals surface area contributed by atoms with E-state index in [4.69, 9.17) is 11.6 Å². The van der Waals surface area contributed by atoms with Crippen molar-refractivity contribution in [2.24, 2.45) is 0 Å². The van der Waals surface area contributed by atoms with Crippen LogP contribution in [0.5, 0.6) is 0 Å². The molecule has 2 heterocycles. The maximum atomic E-state index is 12.2. The highest BCUT2D eigenvalue weighted by atomic mass is 35.5. The number of carbonyl (C=O) groups is 1. The van der Waals surface area contributed by atoms with Crippen LogP contribution in [0.25, 0.3) is 0 Å². The Labute approximate surface area is 155 Å². The normalized spacial score (nSPS) is 10.5. The van der Waals surface area contributed by atoms with E-state index in [2.05, 4.69) is 27.5 Å². The number of hydrogen-bond acceptors (Lipinski definition) is 5. The quantitative estimate of drug-likeness (QED) is 0.682. The fourth-order valence-corrected chi connectivity index (χ4v) is 3.34. The van der Waals surface area contributed by atoms with Gasteiger partial charge < -0.3 is 10.6 Å². The minimum Gasteiger partial charge on any atom is -0.364 e. The van der Waals surface area contributed by atoms with Crippen LogP contribution in [0.2, 0.25) is 5.02 Å². The minimum atomic E-state index is -0.229. The lowest BCUT2D eigenvalue weighted by atomic mass is 10.2. The van der Waals surface area contributed by atoms with Crippen molar-refractivity contribution in [1.82, 2.24) is 9.97 Å². The summed E-state index contributed by atoms with van der Waals surface area (Å²) < 4.78 is 0. The van der Waals surface area contributed by atoms with E-state index in [1.807, 2.05) is 6.92 Å². The molecule has 0 bridgehead atoms. The number of rotatable bonds is 5. The van der Waals surface area contributed by atoms with Gasteiger partial charge in [-0.1, -0.05) is 17.7 Å². The number of thiazole rings is 1. The smallest absolute Gasteiger partial charge is 0.257 e. The number of anilines is 2. The van der Waals surface area contributed by atoms with Crippen molar-refractivity contribution in [3.63, 3.8) is 0 Å². The van der Waals surface area contributed by atoms with Crippen molar-refractivity contribution in [2.75, 3.05) is 10.6 Å². The van der Waals surface area contributed by atoms with Crippen molar-refractivity contribution >= 4 is 40.4 Å². The standard InChI is InChI=1S/C18H17ClN4OS/c1-11-16(22-12(2)25-11)10-21-17-7-6-13(9-20-17)18(24)23-15-5-3-4-14(19)8-15/h3-9H,10H2,1-2H3,(H,20,21)(H,23,24). The Morgan fingerprint density at radius 2 is 2.08 bits per heavy atom. The first kappa shape index (κ1) is 17.4. The second-order valence-corrected chi connectivity index (χ2v) is 7.33. The van der Waals surface area contributed by atoms with Crippen molar-refractivity contribution < 1.29 is 4.79 Å². The van der Waals surface area contributed by atoms with Gasteiger partial charge in [-0.05, 0) is 44.2 Å². The molecule has 5 nitrogen and oxygen atoms in total. The van der Waals surface area contributed by atoms with Crippen molar-refractivity contribution in [2.45, 2.75) is 20.4 Å². The van der Waals surface area contributed by atoms with E-state index in [-0.39, 0.29) is 5.91 Å². The van der Waals surface area contributed by atoms with Gasteiger partial charge in [0.15, 0.2) is 0 Å². The SMILES string of the molecule is Cc1nc(CNc2ccc(C(=O)Nc3cccc(Cl)c3)cn2)c(C)s1. The Balaban J connectivity index is 1.61. The van der Waals surface area contributed by atoms with Crippen LogP contribution < -0.4 is 10.6 Å². The van der Waals surface area contributed by atoms with Gasteiger partial charge >= 0.3 is 0 Å². The summed E-state index contributed by atoms with van der Waals surface area (Å²) in [7, 11) is 0. The predicted molar refractivity (Wildman–Crippen MR) is 103 cm³/mol. The molecule has 0 atom stereocenters. The van der Waals surface area contributed by atoms with Gasteiger partial charge in [-0.2, -0.15) is 0 Å². The van der Waals surface area contributed by atoms with E-state index >= 15 is 0 Å². The summed E-state index contributed by atoms with van der Waals surface area (Å²) in [5.41, 5.74) is 2.15. The summed E-state index contributed by atoms with van der Waals surface area (Å²) in [4.78, 5) is 22.2. The molecule has 0 spiro atoms. The second kappa shape index (κ2) is 7.63. The summed E-state index contributed by atoms with van der Waals surface area (Å²) in [6, 6.07) is 10.5. The number of pyridine rings is 1. The van der Waals surface area contributed by atoms with E-state index in [9.17, 15) is 4.79 Å². The highest BCUT2D eigenvalue weighted by Crippen LogP contribution is 2.18. The van der Waals surface area contributed by atoms with Crippen LogP contribution in [-0.4, -0.2) is 15.9 Å². The molecule has 7 heteroatoms. The van der Waals surface area contributed by atoms with Gasteiger partial charge in [-0.15, -0.1) is 11.3 Å². The van der Waals surface area contributed by atoms with Crippen LogP contribution in [0, 0.1) is 13.8 Å². The highest BCUT2D eigenvalue weighted by molar-refractivity contribution is 7.11. The lowest BCUT2D eigenvalue weighted by Crippen LogP contribution is -2.12. The molecule has 0 radical (unpaired) electrons. The van der Waals surface area contributed by atoms with E-state index in [1.54, 1.807) is 53.9 Å². The molecule has 0 aliphatic carbocycles. The molecule has 25 heavy (non-hydrogen) atoms. The first-order valence-electron chi connectivity index (χ1n) is 7.71. The number of hydrogen-bond donors (Lipinski definition) is 2. The first-order valence-corrected chi connectivity index (χ1v) is 8.90. The summed E-state index contributed by atoms with van der Waals surface area (Å²) in [6.07, 6.45) is 1.54. The number of aromatic nitrogens is 2. The van der Waals surface area contributed by atoms with Gasteiger partial charge in [0.1, 0.15) is 5.82 Å². The molecule has 2 N–H and O–H groups in total. The first-order chi connectivity index (χ1) is 12.0. The maximum absolute atomic E-state index is 12.2. The molecular weight excluding hydrogens is 356 g/mol. The Hall–Kier alpha value is -2.44. The predicted octanol–water partition coefficient (Wildman–Crippen LogP) is 4.67.